The van der Waals surface area contributed by atoms with Gasteiger partial charge in [0.15, 0.2) is 0 Å². The molecule has 0 radical (unpaired) electrons. The molecule has 0 atom stereocenters. The fourth-order valence-corrected chi connectivity index (χ4v) is 2.71. The number of urea groups is 1. The monoisotopic (exact) mass is 309 g/mol. The van der Waals surface area contributed by atoms with Crippen LogP contribution in [-0.4, -0.2) is 11.0 Å². The van der Waals surface area contributed by atoms with Crippen LogP contribution < -0.4 is 10.6 Å². The van der Waals surface area contributed by atoms with E-state index >= 15 is 0 Å². The fourth-order valence-electron chi connectivity index (χ4n) is 2.04. The molecule has 2 N–H and O–H groups in total. The van der Waals surface area contributed by atoms with Gasteiger partial charge >= 0.3 is 6.03 Å². The first-order chi connectivity index (χ1) is 10.8. The van der Waals surface area contributed by atoms with Crippen LogP contribution in [0.3, 0.4) is 0 Å². The second kappa shape index (κ2) is 6.87. The zero-order valence-electron chi connectivity index (χ0n) is 11.8. The van der Waals surface area contributed by atoms with Crippen LogP contribution >= 0.6 is 11.3 Å². The quantitative estimate of drug-likeness (QED) is 0.761. The van der Waals surface area contributed by atoms with Gasteiger partial charge in [-0.3, -0.25) is 4.98 Å². The number of rotatable bonds is 4. The molecule has 0 aliphatic heterocycles. The van der Waals surface area contributed by atoms with Crippen molar-refractivity contribution in [3.8, 4) is 11.1 Å². The van der Waals surface area contributed by atoms with Crippen molar-refractivity contribution in [3.05, 3.63) is 71.2 Å². The number of carbonyl (C=O) groups is 1. The maximum atomic E-state index is 11.8. The molecule has 5 heteroatoms. The number of thiophene rings is 1. The Morgan fingerprint density at radius 1 is 1.00 bits per heavy atom. The molecule has 2 amide bonds. The molecule has 22 heavy (non-hydrogen) atoms. The third kappa shape index (κ3) is 3.71. The highest BCUT2D eigenvalue weighted by atomic mass is 32.1. The van der Waals surface area contributed by atoms with Crippen LogP contribution in [0.5, 0.6) is 0 Å². The number of hydrogen-bond acceptors (Lipinski definition) is 3. The van der Waals surface area contributed by atoms with E-state index in [9.17, 15) is 4.79 Å². The molecule has 110 valence electrons. The highest BCUT2D eigenvalue weighted by Crippen LogP contribution is 2.20. The highest BCUT2D eigenvalue weighted by molar-refractivity contribution is 7.07. The molecule has 0 saturated carbocycles. The first kappa shape index (κ1) is 14.3. The number of carbonyl (C=O) groups excluding carboxylic acids is 1. The number of anilines is 1. The van der Waals surface area contributed by atoms with Crippen molar-refractivity contribution in [2.24, 2.45) is 0 Å². The van der Waals surface area contributed by atoms with E-state index in [1.165, 1.54) is 0 Å². The van der Waals surface area contributed by atoms with Gasteiger partial charge in [0.05, 0.1) is 0 Å². The van der Waals surface area contributed by atoms with Gasteiger partial charge in [0, 0.05) is 24.6 Å². The van der Waals surface area contributed by atoms with Gasteiger partial charge in [0.25, 0.3) is 0 Å². The summed E-state index contributed by atoms with van der Waals surface area (Å²) in [5, 5.41) is 9.66. The third-order valence-electron chi connectivity index (χ3n) is 3.19. The summed E-state index contributed by atoms with van der Waals surface area (Å²) in [5.74, 6) is 0. The van der Waals surface area contributed by atoms with E-state index in [4.69, 9.17) is 0 Å². The summed E-state index contributed by atoms with van der Waals surface area (Å²) in [4.78, 5) is 15.8. The molecule has 0 fully saturated rings. The van der Waals surface area contributed by atoms with Gasteiger partial charge in [-0.05, 0) is 57.8 Å². The molecular formula is C17H15N3OS. The summed E-state index contributed by atoms with van der Waals surface area (Å²) in [6.45, 7) is 0.532. The van der Waals surface area contributed by atoms with Gasteiger partial charge in [-0.2, -0.15) is 11.3 Å². The molecule has 1 aromatic carbocycles. The normalized spacial score (nSPS) is 10.2. The third-order valence-corrected chi connectivity index (χ3v) is 3.92. The van der Waals surface area contributed by atoms with E-state index in [0.29, 0.717) is 6.54 Å². The van der Waals surface area contributed by atoms with Gasteiger partial charge in [-0.1, -0.05) is 12.1 Å². The second-order valence-corrected chi connectivity index (χ2v) is 5.53. The maximum absolute atomic E-state index is 11.8. The molecule has 0 spiro atoms. The van der Waals surface area contributed by atoms with Crippen LogP contribution in [-0.2, 0) is 6.54 Å². The van der Waals surface area contributed by atoms with E-state index in [1.807, 2.05) is 53.2 Å². The fraction of sp³-hybridized carbons (Fsp3) is 0.0588. The molecule has 0 bridgehead atoms. The van der Waals surface area contributed by atoms with Crippen LogP contribution in [0.15, 0.2) is 65.6 Å². The molecule has 0 aliphatic rings. The van der Waals surface area contributed by atoms with Gasteiger partial charge in [-0.25, -0.2) is 4.79 Å². The van der Waals surface area contributed by atoms with Gasteiger partial charge in [-0.15, -0.1) is 0 Å². The lowest BCUT2D eigenvalue weighted by Crippen LogP contribution is -2.27. The zero-order valence-corrected chi connectivity index (χ0v) is 12.6. The average molecular weight is 309 g/mol. The largest absolute Gasteiger partial charge is 0.334 e. The smallest absolute Gasteiger partial charge is 0.319 e. The lowest BCUT2D eigenvalue weighted by Gasteiger charge is -2.08. The Morgan fingerprint density at radius 2 is 1.73 bits per heavy atom. The van der Waals surface area contributed by atoms with Crippen molar-refractivity contribution in [3.63, 3.8) is 0 Å². The van der Waals surface area contributed by atoms with E-state index in [-0.39, 0.29) is 6.03 Å². The Hall–Kier alpha value is -2.66. The number of nitrogens with one attached hydrogen (secondary N) is 2. The Morgan fingerprint density at radius 3 is 2.41 bits per heavy atom. The summed E-state index contributed by atoms with van der Waals surface area (Å²) in [7, 11) is 0. The van der Waals surface area contributed by atoms with Crippen molar-refractivity contribution in [2.75, 3.05) is 5.32 Å². The predicted molar refractivity (Wildman–Crippen MR) is 89.9 cm³/mol. The minimum Gasteiger partial charge on any atom is -0.334 e. The van der Waals surface area contributed by atoms with E-state index in [1.54, 1.807) is 23.7 Å². The zero-order chi connectivity index (χ0) is 15.2. The summed E-state index contributed by atoms with van der Waals surface area (Å²) >= 11 is 1.62. The van der Waals surface area contributed by atoms with Crippen LogP contribution in [0.25, 0.3) is 11.1 Å². The number of hydrogen-bond donors (Lipinski definition) is 2. The maximum Gasteiger partial charge on any atom is 0.319 e. The first-order valence-electron chi connectivity index (χ1n) is 6.88. The van der Waals surface area contributed by atoms with Crippen molar-refractivity contribution < 1.29 is 4.79 Å². The lowest BCUT2D eigenvalue weighted by atomic mass is 10.1. The molecule has 2 heterocycles. The standard InChI is InChI=1S/C17H15N3OS/c21-17(19-11-13-7-10-22-12-13)20-16-3-1-14(2-4-16)15-5-8-18-9-6-15/h1-10,12H,11H2,(H2,19,20,21). The van der Waals surface area contributed by atoms with Crippen LogP contribution in [0, 0.1) is 0 Å². The number of pyridine rings is 1. The van der Waals surface area contributed by atoms with E-state index in [0.717, 1.165) is 22.4 Å². The molecule has 2 aromatic heterocycles. The Labute approximate surface area is 132 Å². The van der Waals surface area contributed by atoms with Crippen LogP contribution in [0.4, 0.5) is 10.5 Å². The van der Waals surface area contributed by atoms with Crippen molar-refractivity contribution in [1.82, 2.24) is 10.3 Å². The van der Waals surface area contributed by atoms with Gasteiger partial charge in [0.2, 0.25) is 0 Å². The Kier molecular flexibility index (Phi) is 4.46. The number of aromatic nitrogens is 1. The Balaban J connectivity index is 1.58. The summed E-state index contributed by atoms with van der Waals surface area (Å²) in [6.07, 6.45) is 3.53. The molecular weight excluding hydrogens is 294 g/mol. The minimum absolute atomic E-state index is 0.206. The molecule has 0 unspecified atom stereocenters. The lowest BCUT2D eigenvalue weighted by molar-refractivity contribution is 0.252. The summed E-state index contributed by atoms with van der Waals surface area (Å²) < 4.78 is 0. The van der Waals surface area contributed by atoms with Crippen molar-refractivity contribution in [1.29, 1.82) is 0 Å². The summed E-state index contributed by atoms with van der Waals surface area (Å²) in [6, 6.07) is 13.4. The highest BCUT2D eigenvalue weighted by Gasteiger charge is 2.03. The van der Waals surface area contributed by atoms with E-state index < -0.39 is 0 Å². The summed E-state index contributed by atoms with van der Waals surface area (Å²) in [5.41, 5.74) is 4.06. The molecule has 0 aliphatic carbocycles. The molecule has 4 nitrogen and oxygen atoms in total. The minimum atomic E-state index is -0.206. The molecule has 3 rings (SSSR count). The van der Waals surface area contributed by atoms with E-state index in [2.05, 4.69) is 15.6 Å². The van der Waals surface area contributed by atoms with Crippen LogP contribution in [0.1, 0.15) is 5.56 Å². The van der Waals surface area contributed by atoms with Crippen LogP contribution in [0.2, 0.25) is 0 Å². The van der Waals surface area contributed by atoms with Crippen molar-refractivity contribution >= 4 is 23.1 Å². The van der Waals surface area contributed by atoms with Crippen molar-refractivity contribution in [2.45, 2.75) is 6.54 Å². The average Bonchev–Trinajstić information content (AvgIpc) is 3.08. The first-order valence-corrected chi connectivity index (χ1v) is 7.82. The number of nitrogens with zero attached hydrogens (tertiary/aromatic N) is 1. The topological polar surface area (TPSA) is 54.0 Å². The molecule has 0 saturated heterocycles. The Bertz CT molecular complexity index is 724. The number of benzene rings is 1. The number of amides is 2. The van der Waals surface area contributed by atoms with Gasteiger partial charge < -0.3 is 10.6 Å². The molecule has 3 aromatic rings. The second-order valence-electron chi connectivity index (χ2n) is 4.75. The van der Waals surface area contributed by atoms with Gasteiger partial charge in [0.1, 0.15) is 0 Å². The predicted octanol–water partition coefficient (Wildman–Crippen LogP) is 4.13. The SMILES string of the molecule is O=C(NCc1ccsc1)Nc1ccc(-c2ccncc2)cc1.